The maximum Gasteiger partial charge on any atom is 0.222 e. The highest BCUT2D eigenvalue weighted by Crippen LogP contribution is 1.94. The fourth-order valence-electron chi connectivity index (χ4n) is 0.737. The Balaban J connectivity index is 2.39. The van der Waals surface area contributed by atoms with Crippen LogP contribution in [0.1, 0.15) is 13.8 Å². The highest BCUT2D eigenvalue weighted by Gasteiger charge is 1.88. The van der Waals surface area contributed by atoms with Gasteiger partial charge in [-0.25, -0.2) is 9.97 Å². The van der Waals surface area contributed by atoms with Crippen molar-refractivity contribution in [3.8, 4) is 0 Å². The van der Waals surface area contributed by atoms with Gasteiger partial charge in [0, 0.05) is 18.9 Å². The molecule has 0 spiro atoms. The fraction of sp³-hybridized carbons (Fsp3) is 0.333. The van der Waals surface area contributed by atoms with Gasteiger partial charge in [0.25, 0.3) is 0 Å². The number of rotatable bonds is 3. The summed E-state index contributed by atoms with van der Waals surface area (Å²) >= 11 is 0. The minimum Gasteiger partial charge on any atom is -0.351 e. The molecule has 1 aromatic heterocycles. The first-order valence-corrected chi connectivity index (χ1v) is 3.93. The van der Waals surface area contributed by atoms with E-state index in [1.165, 1.54) is 5.57 Å². The van der Waals surface area contributed by atoms with E-state index in [1.54, 1.807) is 18.5 Å². The summed E-state index contributed by atoms with van der Waals surface area (Å²) in [6.45, 7) is 4.91. The summed E-state index contributed by atoms with van der Waals surface area (Å²) in [4.78, 5) is 8.05. The summed E-state index contributed by atoms with van der Waals surface area (Å²) in [6, 6.07) is 1.80. The lowest BCUT2D eigenvalue weighted by atomic mass is 10.3. The Kier molecular flexibility index (Phi) is 3.26. The number of aromatic nitrogens is 2. The van der Waals surface area contributed by atoms with Crippen LogP contribution in [0.4, 0.5) is 5.95 Å². The highest BCUT2D eigenvalue weighted by molar-refractivity contribution is 5.23. The second-order valence-electron chi connectivity index (χ2n) is 2.73. The van der Waals surface area contributed by atoms with Crippen LogP contribution in [0.15, 0.2) is 30.1 Å². The van der Waals surface area contributed by atoms with Crippen molar-refractivity contribution in [3.05, 3.63) is 30.1 Å². The summed E-state index contributed by atoms with van der Waals surface area (Å²) in [5.41, 5.74) is 1.29. The Labute approximate surface area is 72.6 Å². The molecule has 0 aliphatic carbocycles. The van der Waals surface area contributed by atoms with Crippen LogP contribution in [-0.2, 0) is 0 Å². The zero-order valence-corrected chi connectivity index (χ0v) is 7.41. The first-order valence-electron chi connectivity index (χ1n) is 3.93. The first-order chi connectivity index (χ1) is 5.79. The summed E-state index contributed by atoms with van der Waals surface area (Å²) in [5, 5.41) is 3.08. The van der Waals surface area contributed by atoms with Gasteiger partial charge in [-0.1, -0.05) is 11.6 Å². The van der Waals surface area contributed by atoms with Crippen molar-refractivity contribution in [2.75, 3.05) is 11.9 Å². The van der Waals surface area contributed by atoms with Crippen LogP contribution in [0.2, 0.25) is 0 Å². The summed E-state index contributed by atoms with van der Waals surface area (Å²) < 4.78 is 0. The van der Waals surface area contributed by atoms with Crippen LogP contribution < -0.4 is 5.32 Å². The first kappa shape index (κ1) is 8.71. The van der Waals surface area contributed by atoms with E-state index in [2.05, 4.69) is 35.2 Å². The Bertz CT molecular complexity index is 250. The highest BCUT2D eigenvalue weighted by atomic mass is 15.1. The Morgan fingerprint density at radius 2 is 2.08 bits per heavy atom. The monoisotopic (exact) mass is 163 g/mol. The van der Waals surface area contributed by atoms with Crippen molar-refractivity contribution in [2.24, 2.45) is 0 Å². The largest absolute Gasteiger partial charge is 0.351 e. The van der Waals surface area contributed by atoms with Crippen LogP contribution in [0.3, 0.4) is 0 Å². The van der Waals surface area contributed by atoms with Crippen LogP contribution in [0.5, 0.6) is 0 Å². The molecule has 0 aromatic carbocycles. The van der Waals surface area contributed by atoms with Gasteiger partial charge in [-0.2, -0.15) is 0 Å². The number of hydrogen-bond donors (Lipinski definition) is 1. The molecule has 0 unspecified atom stereocenters. The number of hydrogen-bond acceptors (Lipinski definition) is 3. The van der Waals surface area contributed by atoms with Crippen molar-refractivity contribution in [3.63, 3.8) is 0 Å². The van der Waals surface area contributed by atoms with Gasteiger partial charge >= 0.3 is 0 Å². The van der Waals surface area contributed by atoms with E-state index in [0.29, 0.717) is 5.95 Å². The molecule has 0 fully saturated rings. The molecule has 12 heavy (non-hydrogen) atoms. The van der Waals surface area contributed by atoms with Gasteiger partial charge in [-0.05, 0) is 19.9 Å². The molecule has 0 saturated carbocycles. The van der Waals surface area contributed by atoms with E-state index >= 15 is 0 Å². The average molecular weight is 163 g/mol. The van der Waals surface area contributed by atoms with Gasteiger partial charge in [0.2, 0.25) is 5.95 Å². The van der Waals surface area contributed by atoms with Gasteiger partial charge in [0.05, 0.1) is 0 Å². The van der Waals surface area contributed by atoms with Crippen LogP contribution in [-0.4, -0.2) is 16.5 Å². The van der Waals surface area contributed by atoms with Crippen LogP contribution in [0, 0.1) is 0 Å². The lowest BCUT2D eigenvalue weighted by molar-refractivity contribution is 1.11. The third-order valence-electron chi connectivity index (χ3n) is 1.34. The molecule has 0 aliphatic rings. The molecule has 0 radical (unpaired) electrons. The average Bonchev–Trinajstić information content (AvgIpc) is 2.05. The molecule has 0 bridgehead atoms. The SMILES string of the molecule is CC(C)=CCNc1ncccn1. The van der Waals surface area contributed by atoms with E-state index in [0.717, 1.165) is 6.54 Å². The molecule has 3 heteroatoms. The van der Waals surface area contributed by atoms with Crippen molar-refractivity contribution < 1.29 is 0 Å². The number of anilines is 1. The molecule has 3 nitrogen and oxygen atoms in total. The maximum absolute atomic E-state index is 4.02. The number of nitrogens with zero attached hydrogens (tertiary/aromatic N) is 2. The lowest BCUT2D eigenvalue weighted by Crippen LogP contribution is -2.02. The minimum atomic E-state index is 0.676. The van der Waals surface area contributed by atoms with Crippen molar-refractivity contribution in [1.29, 1.82) is 0 Å². The molecule has 1 rings (SSSR count). The zero-order valence-electron chi connectivity index (χ0n) is 7.41. The lowest BCUT2D eigenvalue weighted by Gasteiger charge is -1.99. The van der Waals surface area contributed by atoms with E-state index in [4.69, 9.17) is 0 Å². The van der Waals surface area contributed by atoms with Gasteiger partial charge in [-0.3, -0.25) is 0 Å². The molecule has 0 atom stereocenters. The molecule has 0 saturated heterocycles. The van der Waals surface area contributed by atoms with E-state index in [9.17, 15) is 0 Å². The zero-order chi connectivity index (χ0) is 8.81. The molecule has 0 aliphatic heterocycles. The molecule has 64 valence electrons. The van der Waals surface area contributed by atoms with E-state index < -0.39 is 0 Å². The Morgan fingerprint density at radius 1 is 1.42 bits per heavy atom. The van der Waals surface area contributed by atoms with Gasteiger partial charge < -0.3 is 5.32 Å². The number of allylic oxidation sites excluding steroid dienone is 1. The summed E-state index contributed by atoms with van der Waals surface area (Å²) in [7, 11) is 0. The fourth-order valence-corrected chi connectivity index (χ4v) is 0.737. The minimum absolute atomic E-state index is 0.676. The third-order valence-corrected chi connectivity index (χ3v) is 1.34. The Hall–Kier alpha value is -1.38. The predicted octanol–water partition coefficient (Wildman–Crippen LogP) is 1.85. The Morgan fingerprint density at radius 3 is 2.67 bits per heavy atom. The second kappa shape index (κ2) is 4.49. The van der Waals surface area contributed by atoms with E-state index in [1.807, 2.05) is 0 Å². The summed E-state index contributed by atoms with van der Waals surface area (Å²) in [5.74, 6) is 0.676. The smallest absolute Gasteiger partial charge is 0.222 e. The molecular formula is C9H13N3. The molecular weight excluding hydrogens is 150 g/mol. The van der Waals surface area contributed by atoms with Crippen molar-refractivity contribution in [2.45, 2.75) is 13.8 Å². The van der Waals surface area contributed by atoms with Crippen LogP contribution in [0.25, 0.3) is 0 Å². The second-order valence-corrected chi connectivity index (χ2v) is 2.73. The van der Waals surface area contributed by atoms with E-state index in [-0.39, 0.29) is 0 Å². The maximum atomic E-state index is 4.02. The summed E-state index contributed by atoms with van der Waals surface area (Å²) in [6.07, 6.45) is 5.53. The molecule has 1 aromatic rings. The normalized spacial score (nSPS) is 9.17. The number of nitrogens with one attached hydrogen (secondary N) is 1. The van der Waals surface area contributed by atoms with Crippen LogP contribution >= 0.6 is 0 Å². The standard InChI is InChI=1S/C9H13N3/c1-8(2)4-7-12-9-10-5-3-6-11-9/h3-6H,7H2,1-2H3,(H,10,11,12). The quantitative estimate of drug-likeness (QED) is 0.691. The van der Waals surface area contributed by atoms with Gasteiger partial charge in [0.1, 0.15) is 0 Å². The van der Waals surface area contributed by atoms with Crippen molar-refractivity contribution >= 4 is 5.95 Å². The third kappa shape index (κ3) is 3.14. The molecule has 0 amide bonds. The molecule has 1 N–H and O–H groups in total. The van der Waals surface area contributed by atoms with Crippen molar-refractivity contribution in [1.82, 2.24) is 9.97 Å². The van der Waals surface area contributed by atoms with Gasteiger partial charge in [-0.15, -0.1) is 0 Å². The predicted molar refractivity (Wildman–Crippen MR) is 50.0 cm³/mol. The molecule has 1 heterocycles. The van der Waals surface area contributed by atoms with Gasteiger partial charge in [0.15, 0.2) is 0 Å². The topological polar surface area (TPSA) is 37.8 Å².